The van der Waals surface area contributed by atoms with Gasteiger partial charge >= 0.3 is 0 Å². The van der Waals surface area contributed by atoms with Gasteiger partial charge in [0.25, 0.3) is 0 Å². The quantitative estimate of drug-likeness (QED) is 0.661. The highest BCUT2D eigenvalue weighted by Gasteiger charge is 2.49. The zero-order valence-electron chi connectivity index (χ0n) is 20.7. The molecule has 3 aliphatic heterocycles. The van der Waals surface area contributed by atoms with E-state index in [0.717, 1.165) is 29.8 Å². The summed E-state index contributed by atoms with van der Waals surface area (Å²) in [6.45, 7) is 7.91. The van der Waals surface area contributed by atoms with Gasteiger partial charge in [-0.2, -0.15) is 0 Å². The Balaban J connectivity index is 1.78. The van der Waals surface area contributed by atoms with Crippen molar-refractivity contribution in [3.63, 3.8) is 0 Å². The first kappa shape index (κ1) is 24.3. The lowest BCUT2D eigenvalue weighted by Gasteiger charge is -2.38. The fourth-order valence-electron chi connectivity index (χ4n) is 5.41. The average molecular weight is 503 g/mol. The van der Waals surface area contributed by atoms with Crippen LogP contribution in [0.15, 0.2) is 18.2 Å². The Hall–Kier alpha value is -2.43. The number of ether oxygens (including phenoxy) is 3. The molecule has 1 atom stereocenters. The summed E-state index contributed by atoms with van der Waals surface area (Å²) in [7, 11) is -3.55. The predicted octanol–water partition coefficient (Wildman–Crippen LogP) is 2.92. The standard InChI is InChI=1S/C25H34N4O5S/c1-4-26-20-7-5-6-19(17(20)2)23-27-22(25(35(3,30)31)9-13-32-14-10-25)21-24(28-23)29-11-15-33-16-18(29)8-12-34-21/h5-7,18,26H,4,8-16H2,1-3H3/t18-/m0/s1. The summed E-state index contributed by atoms with van der Waals surface area (Å²) < 4.78 is 43.2. The number of nitrogens with zero attached hydrogens (tertiary/aromatic N) is 3. The number of aromatic nitrogens is 2. The van der Waals surface area contributed by atoms with E-state index >= 15 is 0 Å². The van der Waals surface area contributed by atoms with E-state index in [0.29, 0.717) is 75.5 Å². The molecule has 2 fully saturated rings. The third-order valence-corrected chi connectivity index (χ3v) is 9.45. The molecule has 2 aromatic rings. The normalized spacial score (nSPS) is 21.9. The molecule has 0 aliphatic carbocycles. The average Bonchev–Trinajstić information content (AvgIpc) is 3.04. The maximum absolute atomic E-state index is 13.4. The highest BCUT2D eigenvalue weighted by molar-refractivity contribution is 7.91. The lowest BCUT2D eigenvalue weighted by molar-refractivity contribution is 0.0722. The number of nitrogens with one attached hydrogen (secondary N) is 1. The molecule has 0 amide bonds. The van der Waals surface area contributed by atoms with Gasteiger partial charge in [0, 0.05) is 50.2 Å². The van der Waals surface area contributed by atoms with Crippen LogP contribution < -0.4 is 15.0 Å². The fraction of sp³-hybridized carbons (Fsp3) is 0.600. The second kappa shape index (κ2) is 9.55. The molecule has 0 saturated carbocycles. The molecule has 0 radical (unpaired) electrons. The second-order valence-electron chi connectivity index (χ2n) is 9.50. The minimum absolute atomic E-state index is 0.124. The van der Waals surface area contributed by atoms with E-state index in [-0.39, 0.29) is 6.04 Å². The van der Waals surface area contributed by atoms with E-state index < -0.39 is 14.6 Å². The molecular weight excluding hydrogens is 468 g/mol. The van der Waals surface area contributed by atoms with Crippen molar-refractivity contribution in [2.24, 2.45) is 0 Å². The summed E-state index contributed by atoms with van der Waals surface area (Å²) in [6, 6.07) is 6.13. The first-order valence-electron chi connectivity index (χ1n) is 12.4. The largest absolute Gasteiger partial charge is 0.488 e. The number of hydrogen-bond donors (Lipinski definition) is 1. The number of hydrogen-bond acceptors (Lipinski definition) is 9. The Kier molecular flexibility index (Phi) is 6.63. The first-order chi connectivity index (χ1) is 16.9. The van der Waals surface area contributed by atoms with Gasteiger partial charge in [-0.05, 0) is 38.3 Å². The van der Waals surface area contributed by atoms with E-state index in [1.54, 1.807) is 0 Å². The number of sulfone groups is 1. The maximum atomic E-state index is 13.4. The van der Waals surface area contributed by atoms with Crippen LogP contribution in [0.2, 0.25) is 0 Å². The molecule has 10 heteroatoms. The zero-order chi connectivity index (χ0) is 24.6. The van der Waals surface area contributed by atoms with Crippen LogP contribution in [0.4, 0.5) is 11.5 Å². The highest BCUT2D eigenvalue weighted by atomic mass is 32.2. The Labute approximate surface area is 207 Å². The fourth-order valence-corrected chi connectivity index (χ4v) is 6.81. The molecule has 3 aliphatic rings. The van der Waals surface area contributed by atoms with Crippen molar-refractivity contribution in [3.05, 3.63) is 29.5 Å². The Morgan fingerprint density at radius 3 is 2.69 bits per heavy atom. The van der Waals surface area contributed by atoms with E-state index in [9.17, 15) is 8.42 Å². The van der Waals surface area contributed by atoms with Crippen LogP contribution in [0, 0.1) is 6.92 Å². The Bertz CT molecular complexity index is 1200. The van der Waals surface area contributed by atoms with Crippen LogP contribution in [0.25, 0.3) is 11.4 Å². The van der Waals surface area contributed by atoms with E-state index in [1.165, 1.54) is 6.26 Å². The lowest BCUT2D eigenvalue weighted by atomic mass is 9.93. The van der Waals surface area contributed by atoms with Crippen LogP contribution >= 0.6 is 0 Å². The number of morpholine rings is 1. The highest BCUT2D eigenvalue weighted by Crippen LogP contribution is 2.48. The molecule has 4 heterocycles. The van der Waals surface area contributed by atoms with E-state index in [1.807, 2.05) is 25.1 Å². The molecule has 1 aromatic carbocycles. The lowest BCUT2D eigenvalue weighted by Crippen LogP contribution is -2.46. The van der Waals surface area contributed by atoms with Gasteiger partial charge in [-0.1, -0.05) is 12.1 Å². The summed E-state index contributed by atoms with van der Waals surface area (Å²) in [5.41, 5.74) is 3.36. The van der Waals surface area contributed by atoms with E-state index in [4.69, 9.17) is 24.2 Å². The summed E-state index contributed by atoms with van der Waals surface area (Å²) in [5, 5.41) is 3.39. The first-order valence-corrected chi connectivity index (χ1v) is 14.3. The van der Waals surface area contributed by atoms with Gasteiger partial charge in [0.2, 0.25) is 0 Å². The van der Waals surface area contributed by atoms with Gasteiger partial charge in [-0.3, -0.25) is 0 Å². The zero-order valence-corrected chi connectivity index (χ0v) is 21.5. The Morgan fingerprint density at radius 2 is 1.94 bits per heavy atom. The SMILES string of the molecule is CCNc1cccc(-c2nc3c(c(C4(S(C)(=O)=O)CCOCC4)n2)OCC[C@H]2COCCN32)c1C. The van der Waals surface area contributed by atoms with Crippen LogP contribution in [0.1, 0.15) is 37.4 Å². The van der Waals surface area contributed by atoms with Crippen LogP contribution in [-0.4, -0.2) is 76.8 Å². The number of rotatable bonds is 5. The molecule has 1 N–H and O–H groups in total. The number of fused-ring (bicyclic) bond motifs is 3. The molecule has 1 aromatic heterocycles. The van der Waals surface area contributed by atoms with Crippen LogP contribution in [0.5, 0.6) is 5.75 Å². The van der Waals surface area contributed by atoms with Crippen molar-refractivity contribution < 1.29 is 22.6 Å². The van der Waals surface area contributed by atoms with Crippen LogP contribution in [0.3, 0.4) is 0 Å². The number of benzene rings is 1. The van der Waals surface area contributed by atoms with Gasteiger partial charge in [-0.15, -0.1) is 0 Å². The van der Waals surface area contributed by atoms with E-state index in [2.05, 4.69) is 17.1 Å². The third kappa shape index (κ3) is 4.25. The minimum atomic E-state index is -3.55. The minimum Gasteiger partial charge on any atom is -0.488 e. The van der Waals surface area contributed by atoms with Crippen molar-refractivity contribution in [1.82, 2.24) is 9.97 Å². The summed E-state index contributed by atoms with van der Waals surface area (Å²) in [4.78, 5) is 12.3. The molecule has 0 spiro atoms. The van der Waals surface area contributed by atoms with Crippen molar-refractivity contribution in [2.75, 3.05) is 62.6 Å². The maximum Gasteiger partial charge on any atom is 0.185 e. The predicted molar refractivity (Wildman–Crippen MR) is 135 cm³/mol. The summed E-state index contributed by atoms with van der Waals surface area (Å²) in [5.74, 6) is 1.67. The van der Waals surface area contributed by atoms with Gasteiger partial charge in [0.1, 0.15) is 10.4 Å². The molecule has 35 heavy (non-hydrogen) atoms. The van der Waals surface area contributed by atoms with Crippen molar-refractivity contribution in [3.8, 4) is 17.1 Å². The molecule has 5 rings (SSSR count). The second-order valence-corrected chi connectivity index (χ2v) is 11.8. The third-order valence-electron chi connectivity index (χ3n) is 7.43. The Morgan fingerprint density at radius 1 is 1.14 bits per heavy atom. The van der Waals surface area contributed by atoms with Gasteiger partial charge in [0.15, 0.2) is 27.2 Å². The summed E-state index contributed by atoms with van der Waals surface area (Å²) >= 11 is 0. The van der Waals surface area contributed by atoms with Crippen molar-refractivity contribution >= 4 is 21.3 Å². The van der Waals surface area contributed by atoms with Gasteiger partial charge in [-0.25, -0.2) is 18.4 Å². The molecular formula is C25H34N4O5S. The molecule has 2 saturated heterocycles. The molecule has 0 unspecified atom stereocenters. The van der Waals surface area contributed by atoms with Crippen molar-refractivity contribution in [1.29, 1.82) is 0 Å². The number of anilines is 2. The van der Waals surface area contributed by atoms with Crippen LogP contribution in [-0.2, 0) is 24.1 Å². The monoisotopic (exact) mass is 502 g/mol. The van der Waals surface area contributed by atoms with Crippen molar-refractivity contribution in [2.45, 2.75) is 43.9 Å². The molecule has 0 bridgehead atoms. The van der Waals surface area contributed by atoms with Gasteiger partial charge in [0.05, 0.1) is 25.9 Å². The summed E-state index contributed by atoms with van der Waals surface area (Å²) in [6.07, 6.45) is 2.74. The smallest absolute Gasteiger partial charge is 0.185 e. The topological polar surface area (TPSA) is 103 Å². The molecule has 190 valence electrons. The van der Waals surface area contributed by atoms with Gasteiger partial charge < -0.3 is 24.4 Å². The molecule has 9 nitrogen and oxygen atoms in total.